The quantitative estimate of drug-likeness (QED) is 0.623. The number of carbonyl (C=O) groups excluding carboxylic acids is 1. The van der Waals surface area contributed by atoms with Crippen molar-refractivity contribution in [2.24, 2.45) is 0 Å². The number of rotatable bonds is 2. The molecule has 0 aliphatic heterocycles. The van der Waals surface area contributed by atoms with Crippen molar-refractivity contribution in [1.82, 2.24) is 9.55 Å². The van der Waals surface area contributed by atoms with Crippen molar-refractivity contribution < 1.29 is 19.4 Å². The van der Waals surface area contributed by atoms with Crippen molar-refractivity contribution >= 4 is 27.9 Å². The van der Waals surface area contributed by atoms with Gasteiger partial charge in [-0.2, -0.15) is 0 Å². The van der Waals surface area contributed by atoms with Crippen molar-refractivity contribution in [2.45, 2.75) is 59.0 Å². The molecular weight excluding hydrogens is 356 g/mol. The Labute approximate surface area is 165 Å². The lowest BCUT2D eigenvalue weighted by Gasteiger charge is -2.20. The number of carbonyl (C=O) groups is 1. The van der Waals surface area contributed by atoms with Crippen LogP contribution in [0.4, 0.5) is 4.79 Å². The largest absolute Gasteiger partial charge is 0.504 e. The molecule has 0 saturated heterocycles. The van der Waals surface area contributed by atoms with Gasteiger partial charge < -0.3 is 14.6 Å². The highest BCUT2D eigenvalue weighted by Gasteiger charge is 2.31. The Morgan fingerprint density at radius 1 is 1.21 bits per heavy atom. The minimum absolute atomic E-state index is 0.0199. The molecule has 1 aliphatic rings. The van der Waals surface area contributed by atoms with Crippen LogP contribution in [0.2, 0.25) is 0 Å². The van der Waals surface area contributed by atoms with E-state index in [-0.39, 0.29) is 5.75 Å². The van der Waals surface area contributed by atoms with Crippen LogP contribution in [0.5, 0.6) is 11.5 Å². The lowest BCUT2D eigenvalue weighted by molar-refractivity contribution is 0.0551. The summed E-state index contributed by atoms with van der Waals surface area (Å²) in [4.78, 5) is 17.5. The zero-order chi connectivity index (χ0) is 20.6. The molecule has 4 rings (SSSR count). The van der Waals surface area contributed by atoms with E-state index in [1.54, 1.807) is 18.3 Å². The minimum atomic E-state index is -0.624. The van der Waals surface area contributed by atoms with E-state index >= 15 is 0 Å². The number of hydrogen-bond donors (Lipinski definition) is 1. The van der Waals surface area contributed by atoms with Gasteiger partial charge in [0.1, 0.15) is 5.60 Å². The molecule has 0 spiro atoms. The van der Waals surface area contributed by atoms with E-state index in [4.69, 9.17) is 9.47 Å². The van der Waals surface area contributed by atoms with Crippen LogP contribution in [0.15, 0.2) is 24.4 Å². The second-order valence-corrected chi connectivity index (χ2v) is 7.72. The molecule has 6 nitrogen and oxygen atoms in total. The maximum atomic E-state index is 12.9. The second kappa shape index (κ2) is 7.34. The van der Waals surface area contributed by atoms with Crippen LogP contribution in [-0.4, -0.2) is 33.5 Å². The number of hydrogen-bond acceptors (Lipinski definition) is 5. The van der Waals surface area contributed by atoms with Gasteiger partial charge in [-0.05, 0) is 45.7 Å². The molecule has 3 aromatic rings. The van der Waals surface area contributed by atoms with Crippen LogP contribution in [-0.2, 0) is 4.74 Å². The molecule has 0 radical (unpaired) electrons. The molecule has 1 N–H and O–H groups in total. The average molecular weight is 384 g/mol. The van der Waals surface area contributed by atoms with E-state index in [9.17, 15) is 9.90 Å². The van der Waals surface area contributed by atoms with Crippen LogP contribution in [0.25, 0.3) is 21.8 Å². The Bertz CT molecular complexity index is 1030. The molecule has 1 aliphatic carbocycles. The number of aromatic nitrogens is 2. The van der Waals surface area contributed by atoms with Crippen LogP contribution < -0.4 is 4.74 Å². The topological polar surface area (TPSA) is 73.6 Å². The number of methoxy groups -OCH3 is 1. The summed E-state index contributed by atoms with van der Waals surface area (Å²) in [5, 5.41) is 12.0. The fraction of sp³-hybridized carbons (Fsp3) is 0.455. The van der Waals surface area contributed by atoms with Gasteiger partial charge in [0.25, 0.3) is 0 Å². The van der Waals surface area contributed by atoms with Crippen molar-refractivity contribution in [3.63, 3.8) is 0 Å². The second-order valence-electron chi connectivity index (χ2n) is 7.72. The molecule has 2 aromatic heterocycles. The molecule has 2 heterocycles. The molecule has 28 heavy (non-hydrogen) atoms. The van der Waals surface area contributed by atoms with Gasteiger partial charge in [-0.1, -0.05) is 13.8 Å². The van der Waals surface area contributed by atoms with E-state index in [0.29, 0.717) is 17.2 Å². The molecular formula is C22H28N2O4. The number of phenolic OH excluding ortho intramolecular Hbond substituents is 1. The van der Waals surface area contributed by atoms with Crippen LogP contribution in [0.3, 0.4) is 0 Å². The van der Waals surface area contributed by atoms with Crippen molar-refractivity contribution in [2.75, 3.05) is 7.11 Å². The Morgan fingerprint density at radius 2 is 1.89 bits per heavy atom. The van der Waals surface area contributed by atoms with Crippen molar-refractivity contribution in [3.8, 4) is 11.5 Å². The number of phenols is 1. The maximum absolute atomic E-state index is 12.9. The Balaban J connectivity index is 0.00000109. The molecule has 0 atom stereocenters. The smallest absolute Gasteiger partial charge is 0.419 e. The number of benzene rings is 1. The van der Waals surface area contributed by atoms with Crippen molar-refractivity contribution in [3.05, 3.63) is 30.1 Å². The molecule has 0 unspecified atom stereocenters. The third kappa shape index (κ3) is 3.51. The molecule has 150 valence electrons. The number of nitrogens with zero attached hydrogens (tertiary/aromatic N) is 2. The van der Waals surface area contributed by atoms with Crippen LogP contribution in [0.1, 0.15) is 59.1 Å². The minimum Gasteiger partial charge on any atom is -0.504 e. The lowest BCUT2D eigenvalue weighted by Crippen LogP contribution is -2.27. The molecule has 1 fully saturated rings. The summed E-state index contributed by atoms with van der Waals surface area (Å²) in [6.07, 6.45) is 3.45. The summed E-state index contributed by atoms with van der Waals surface area (Å²) in [7, 11) is 1.51. The first kappa shape index (κ1) is 20.0. The van der Waals surface area contributed by atoms with Crippen LogP contribution >= 0.6 is 0 Å². The number of fused-ring (bicyclic) bond motifs is 3. The van der Waals surface area contributed by atoms with E-state index in [0.717, 1.165) is 34.8 Å². The summed E-state index contributed by atoms with van der Waals surface area (Å²) < 4.78 is 12.4. The summed E-state index contributed by atoms with van der Waals surface area (Å²) in [6, 6.07) is 5.13. The Morgan fingerprint density at radius 3 is 2.46 bits per heavy atom. The zero-order valence-corrected chi connectivity index (χ0v) is 17.4. The molecule has 0 bridgehead atoms. The first-order valence-corrected chi connectivity index (χ1v) is 9.73. The first-order valence-electron chi connectivity index (χ1n) is 9.73. The lowest BCUT2D eigenvalue weighted by atomic mass is 10.1. The molecule has 6 heteroatoms. The monoisotopic (exact) mass is 384 g/mol. The highest BCUT2D eigenvalue weighted by atomic mass is 16.6. The van der Waals surface area contributed by atoms with Gasteiger partial charge in [-0.3, -0.25) is 4.98 Å². The van der Waals surface area contributed by atoms with Crippen molar-refractivity contribution in [1.29, 1.82) is 0 Å². The SMILES string of the molecule is CC.COc1cc2c3c(C4CC4)nccc3n(C(=O)OC(C)(C)C)c2cc1O. The highest BCUT2D eigenvalue weighted by Crippen LogP contribution is 2.46. The fourth-order valence-electron chi connectivity index (χ4n) is 3.34. The highest BCUT2D eigenvalue weighted by molar-refractivity contribution is 6.14. The predicted octanol–water partition coefficient (Wildman–Crippen LogP) is 5.59. The van der Waals surface area contributed by atoms with Gasteiger partial charge >= 0.3 is 6.09 Å². The van der Waals surface area contributed by atoms with Gasteiger partial charge in [0, 0.05) is 29.0 Å². The van der Waals surface area contributed by atoms with Gasteiger partial charge in [-0.15, -0.1) is 0 Å². The average Bonchev–Trinajstić information content (AvgIpc) is 3.43. The third-order valence-electron chi connectivity index (χ3n) is 4.55. The van der Waals surface area contributed by atoms with Gasteiger partial charge in [0.05, 0.1) is 23.8 Å². The third-order valence-corrected chi connectivity index (χ3v) is 4.55. The maximum Gasteiger partial charge on any atom is 0.419 e. The van der Waals surface area contributed by atoms with Crippen LogP contribution in [0, 0.1) is 0 Å². The summed E-state index contributed by atoms with van der Waals surface area (Å²) in [5.74, 6) is 0.760. The zero-order valence-electron chi connectivity index (χ0n) is 17.4. The number of pyridine rings is 1. The van der Waals surface area contributed by atoms with E-state index in [1.165, 1.54) is 11.7 Å². The molecule has 0 amide bonds. The van der Waals surface area contributed by atoms with Gasteiger partial charge in [0.15, 0.2) is 11.5 Å². The van der Waals surface area contributed by atoms with Gasteiger partial charge in [-0.25, -0.2) is 9.36 Å². The fourth-order valence-corrected chi connectivity index (χ4v) is 3.34. The van der Waals surface area contributed by atoms with E-state index in [1.807, 2.05) is 40.7 Å². The van der Waals surface area contributed by atoms with Gasteiger partial charge in [0.2, 0.25) is 0 Å². The van der Waals surface area contributed by atoms with E-state index < -0.39 is 11.7 Å². The molecule has 1 saturated carbocycles. The molecule has 1 aromatic carbocycles. The summed E-state index contributed by atoms with van der Waals surface area (Å²) in [5.41, 5.74) is 1.68. The number of ether oxygens (including phenoxy) is 2. The Kier molecular flexibility index (Phi) is 5.24. The normalized spacial score (nSPS) is 13.9. The summed E-state index contributed by atoms with van der Waals surface area (Å²) >= 11 is 0. The predicted molar refractivity (Wildman–Crippen MR) is 110 cm³/mol. The van der Waals surface area contributed by atoms with E-state index in [2.05, 4.69) is 4.98 Å². The number of aromatic hydroxyl groups is 1. The summed E-state index contributed by atoms with van der Waals surface area (Å²) in [6.45, 7) is 9.49. The first-order chi connectivity index (χ1) is 13.3. The standard InChI is InChI=1S/C20H22N2O4.C2H6/c1-20(2,3)26-19(24)22-13-7-8-21-18(11-5-6-11)17(13)12-9-16(25-4)15(23)10-14(12)22;1-2/h7-11,23H,5-6H2,1-4H3;1-2H3. The Hall–Kier alpha value is -2.76.